The Bertz CT molecular complexity index is 2840. The topological polar surface area (TPSA) is 190 Å². The van der Waals surface area contributed by atoms with Gasteiger partial charge in [0.1, 0.15) is 23.2 Å². The number of nitrogens with zero attached hydrogens (tertiary/aromatic N) is 10. The summed E-state index contributed by atoms with van der Waals surface area (Å²) in [6.07, 6.45) is 1.43. The van der Waals surface area contributed by atoms with Gasteiger partial charge in [-0.1, -0.05) is 0 Å². The first-order chi connectivity index (χ1) is 24.6. The van der Waals surface area contributed by atoms with Crippen molar-refractivity contribution in [2.75, 3.05) is 0 Å². The van der Waals surface area contributed by atoms with Gasteiger partial charge in [0.25, 0.3) is 0 Å². The van der Waals surface area contributed by atoms with E-state index in [1.54, 1.807) is 42.5 Å². The highest BCUT2D eigenvalue weighted by Gasteiger charge is 2.20. The summed E-state index contributed by atoms with van der Waals surface area (Å²) in [6, 6.07) is 15.9. The van der Waals surface area contributed by atoms with Crippen molar-refractivity contribution in [1.82, 2.24) is 9.97 Å². The molecule has 0 N–H and O–H groups in total. The van der Waals surface area contributed by atoms with Crippen molar-refractivity contribution in [2.45, 2.75) is 0 Å². The normalized spacial score (nSPS) is 12.7. The number of rotatable bonds is 2. The molecule has 0 spiro atoms. The molecule has 47 heavy (non-hydrogen) atoms. The molecule has 6 rings (SSSR count). The largest absolute Gasteiger partial charge is 0.464 e. The van der Waals surface area contributed by atoms with Gasteiger partial charge in [0.15, 0.2) is 11.4 Å². The van der Waals surface area contributed by atoms with Crippen LogP contribution in [0.3, 0.4) is 0 Å². The van der Waals surface area contributed by atoms with Crippen LogP contribution >= 0.6 is 0 Å². The third kappa shape index (κ3) is 4.46. The molecule has 210 valence electrons. The molecule has 3 aromatic heterocycles. The van der Waals surface area contributed by atoms with E-state index in [0.29, 0.717) is 21.7 Å². The summed E-state index contributed by atoms with van der Waals surface area (Å²) >= 11 is 0. The van der Waals surface area contributed by atoms with Crippen molar-refractivity contribution in [3.8, 4) is 36.4 Å². The smallest absolute Gasteiger partial charge is 0.198 e. The summed E-state index contributed by atoms with van der Waals surface area (Å²) in [4.78, 5) is 16.0. The van der Waals surface area contributed by atoms with Gasteiger partial charge in [-0.2, -0.15) is 31.6 Å². The number of hydrogen-bond acceptors (Lipinski definition) is 9. The zero-order chi connectivity index (χ0) is 36.7. The van der Waals surface area contributed by atoms with Gasteiger partial charge in [0.05, 0.1) is 87.7 Å². The Morgan fingerprint density at radius 2 is 1.13 bits per heavy atom. The summed E-state index contributed by atoms with van der Waals surface area (Å²) in [5, 5.41) is 60.9. The van der Waals surface area contributed by atoms with Crippen LogP contribution in [-0.2, 0) is 0 Å². The van der Waals surface area contributed by atoms with E-state index in [9.17, 15) is 31.6 Å². The summed E-state index contributed by atoms with van der Waals surface area (Å²) < 4.78 is 39.2. The van der Waals surface area contributed by atoms with Gasteiger partial charge in [0, 0.05) is 38.4 Å². The second-order valence-corrected chi connectivity index (χ2v) is 9.44. The Balaban J connectivity index is 1.83. The van der Waals surface area contributed by atoms with E-state index in [4.69, 9.17) is 28.0 Å². The van der Waals surface area contributed by atoms with Crippen molar-refractivity contribution in [3.05, 3.63) is 128 Å². The average molecular weight is 603 g/mol. The number of aromatic nitrogens is 2. The first kappa shape index (κ1) is 24.2. The molecule has 0 aliphatic rings. The molecule has 0 fully saturated rings. The lowest BCUT2D eigenvalue weighted by Gasteiger charge is -2.09. The Kier molecular flexibility index (Phi) is 5.86. The highest BCUT2D eigenvalue weighted by molar-refractivity contribution is 6.21. The number of fused-ring (bicyclic) bond motifs is 6. The fraction of sp³-hybridized carbons (Fsp3) is 0. The number of pyridine rings is 2. The molecule has 0 unspecified atom stereocenters. The Hall–Kier alpha value is -8.32. The highest BCUT2D eigenvalue weighted by Crippen LogP contribution is 2.35. The maximum absolute atomic E-state index is 10.4. The summed E-state index contributed by atoms with van der Waals surface area (Å²) in [5.74, 6) is 0. The van der Waals surface area contributed by atoms with E-state index < -0.39 is 57.8 Å². The Morgan fingerprint density at radius 1 is 0.638 bits per heavy atom. The molecule has 11 nitrogen and oxygen atoms in total. The third-order valence-corrected chi connectivity index (χ3v) is 7.08. The van der Waals surface area contributed by atoms with Gasteiger partial charge < -0.3 is 4.42 Å². The number of nitriles is 6. The Labute approximate surface area is 270 Å². The van der Waals surface area contributed by atoms with Crippen molar-refractivity contribution < 1.29 is 9.90 Å². The van der Waals surface area contributed by atoms with Crippen LogP contribution < -0.4 is 10.7 Å². The summed E-state index contributed by atoms with van der Waals surface area (Å²) in [6.45, 7) is 15.4. The standard InChI is InChI=1S/C36H10N10O/c1-43-30-11-19(13-37)9-21(15-39)32(30)26(17-41)28-5-3-23-24-7-8-47-36(24)25-4-6-29(46-35(25)34(23)45-28)27(18-42)33-22(16-40)10-20(14-38)12-31(33)44-2/h3-12H/b28-26+,29-27+/i9D,10D,11D,12D. The number of hydrogen-bond donors (Lipinski definition) is 0. The van der Waals surface area contributed by atoms with Crippen molar-refractivity contribution in [1.29, 1.82) is 31.6 Å². The van der Waals surface area contributed by atoms with Crippen molar-refractivity contribution in [3.63, 3.8) is 0 Å². The molecule has 0 saturated heterocycles. The molecule has 6 aromatic rings. The average Bonchev–Trinajstić information content (AvgIpc) is 3.64. The van der Waals surface area contributed by atoms with Gasteiger partial charge in [-0.25, -0.2) is 19.7 Å². The zero-order valence-corrected chi connectivity index (χ0v) is 23.3. The second-order valence-electron chi connectivity index (χ2n) is 9.44. The van der Waals surface area contributed by atoms with E-state index in [0.717, 1.165) is 0 Å². The number of furan rings is 1. The zero-order valence-electron chi connectivity index (χ0n) is 27.3. The molecule has 3 aromatic carbocycles. The van der Waals surface area contributed by atoms with Crippen LogP contribution in [0.1, 0.15) is 38.9 Å². The van der Waals surface area contributed by atoms with Crippen LogP contribution in [0.2, 0.25) is 0 Å². The molecular weight excluding hydrogens is 588 g/mol. The van der Waals surface area contributed by atoms with Crippen LogP contribution in [-0.4, -0.2) is 9.97 Å². The van der Waals surface area contributed by atoms with Crippen molar-refractivity contribution in [2.24, 2.45) is 0 Å². The molecule has 3 heterocycles. The first-order valence-corrected chi connectivity index (χ1v) is 13.0. The lowest BCUT2D eigenvalue weighted by Crippen LogP contribution is -2.15. The fourth-order valence-electron chi connectivity index (χ4n) is 5.14. The maximum atomic E-state index is 10.4. The molecule has 0 amide bonds. The van der Waals surface area contributed by atoms with E-state index in [1.165, 1.54) is 18.4 Å². The molecule has 0 aliphatic carbocycles. The van der Waals surface area contributed by atoms with Crippen LogP contribution in [0.25, 0.3) is 53.6 Å². The van der Waals surface area contributed by atoms with Gasteiger partial charge in [-0.05, 0) is 54.5 Å². The van der Waals surface area contributed by atoms with E-state index in [-0.39, 0.29) is 44.0 Å². The van der Waals surface area contributed by atoms with Gasteiger partial charge in [0.2, 0.25) is 0 Å². The van der Waals surface area contributed by atoms with Crippen LogP contribution in [0.4, 0.5) is 11.4 Å². The second kappa shape index (κ2) is 11.4. The fourth-order valence-corrected chi connectivity index (χ4v) is 5.14. The van der Waals surface area contributed by atoms with Gasteiger partial charge in [-0.3, -0.25) is 0 Å². The SMILES string of the molecule is [2H]c1c(C#N)c([2H])c([N+]#[C-])c(/C(C#N)=c2\ccc3c4ccoc4c4cc/c(=C(/C#N)c5c(C#N)c([2H])c(C#N)c([2H])c5[N+]#[C-])nc4c3n2)c1C#N. The van der Waals surface area contributed by atoms with E-state index in [2.05, 4.69) is 14.7 Å². The van der Waals surface area contributed by atoms with Crippen LogP contribution in [0, 0.1) is 81.1 Å². The van der Waals surface area contributed by atoms with Crippen LogP contribution in [0.15, 0.2) is 65.2 Å². The molecule has 0 saturated carbocycles. The highest BCUT2D eigenvalue weighted by atomic mass is 16.3. The Morgan fingerprint density at radius 3 is 1.57 bits per heavy atom. The van der Waals surface area contributed by atoms with Gasteiger partial charge >= 0.3 is 0 Å². The molecule has 0 radical (unpaired) electrons. The minimum atomic E-state index is -0.626. The van der Waals surface area contributed by atoms with Gasteiger partial charge in [-0.15, -0.1) is 0 Å². The molecule has 0 atom stereocenters. The first-order valence-electron chi connectivity index (χ1n) is 15.0. The summed E-state index contributed by atoms with van der Waals surface area (Å²) in [5.41, 5.74) is -3.67. The molecule has 0 bridgehead atoms. The minimum absolute atomic E-state index is 0.0809. The summed E-state index contributed by atoms with van der Waals surface area (Å²) in [7, 11) is 0. The lowest BCUT2D eigenvalue weighted by atomic mass is 9.95. The number of benzene rings is 3. The third-order valence-electron chi connectivity index (χ3n) is 7.08. The molecule has 0 aliphatic heterocycles. The quantitative estimate of drug-likeness (QED) is 0.180. The predicted octanol–water partition coefficient (Wildman–Crippen LogP) is 5.56. The van der Waals surface area contributed by atoms with E-state index >= 15 is 0 Å². The molecule has 11 heteroatoms. The minimum Gasteiger partial charge on any atom is -0.464 e. The van der Waals surface area contributed by atoms with Crippen LogP contribution in [0.5, 0.6) is 0 Å². The van der Waals surface area contributed by atoms with Crippen molar-refractivity contribution >= 4 is 55.3 Å². The predicted molar refractivity (Wildman–Crippen MR) is 167 cm³/mol. The monoisotopic (exact) mass is 602 g/mol. The maximum Gasteiger partial charge on any atom is 0.198 e. The molecular formula is C36H10N10O. The lowest BCUT2D eigenvalue weighted by molar-refractivity contribution is 0.619. The van der Waals surface area contributed by atoms with E-state index in [1.807, 2.05) is 12.1 Å².